The van der Waals surface area contributed by atoms with E-state index in [1.54, 1.807) is 13.1 Å². The number of aromatic amines is 1. The van der Waals surface area contributed by atoms with E-state index in [1.807, 2.05) is 31.2 Å². The van der Waals surface area contributed by atoms with E-state index in [1.165, 1.54) is 17.2 Å². The van der Waals surface area contributed by atoms with Gasteiger partial charge in [0.2, 0.25) is 0 Å². The van der Waals surface area contributed by atoms with E-state index < -0.39 is 10.0 Å². The smallest absolute Gasteiger partial charge is 0.280 e. The molecule has 8 heteroatoms. The molecule has 0 aliphatic rings. The van der Waals surface area contributed by atoms with Crippen LogP contribution in [0.4, 0.5) is 5.82 Å². The van der Waals surface area contributed by atoms with Crippen LogP contribution in [0.3, 0.4) is 0 Å². The number of aryl methyl sites for hydroxylation is 2. The standard InChI is InChI=1S/C14H15N5O2S/c1-10-5-3-4-6-11(10)12-7-13(19(2)17-12)18-22(20,21)14-8-15-9-16-14/h3-9,18H,1-2H3,(H,15,16). The van der Waals surface area contributed by atoms with Crippen LogP contribution in [0.25, 0.3) is 11.3 Å². The first-order valence-corrected chi connectivity index (χ1v) is 8.07. The van der Waals surface area contributed by atoms with Gasteiger partial charge in [0, 0.05) is 18.7 Å². The van der Waals surface area contributed by atoms with Crippen LogP contribution in [0.1, 0.15) is 5.56 Å². The fourth-order valence-electron chi connectivity index (χ4n) is 2.14. The van der Waals surface area contributed by atoms with Gasteiger partial charge in [0.1, 0.15) is 5.82 Å². The monoisotopic (exact) mass is 317 g/mol. The van der Waals surface area contributed by atoms with E-state index in [0.29, 0.717) is 11.5 Å². The lowest BCUT2D eigenvalue weighted by molar-refractivity contribution is 0.597. The van der Waals surface area contributed by atoms with E-state index in [0.717, 1.165) is 11.1 Å². The Hall–Kier alpha value is -2.61. The van der Waals surface area contributed by atoms with Crippen molar-refractivity contribution in [2.45, 2.75) is 11.9 Å². The molecular weight excluding hydrogens is 302 g/mol. The Morgan fingerprint density at radius 1 is 1.27 bits per heavy atom. The molecule has 114 valence electrons. The van der Waals surface area contributed by atoms with E-state index in [2.05, 4.69) is 19.8 Å². The summed E-state index contributed by atoms with van der Waals surface area (Å²) in [5, 5.41) is 4.38. The van der Waals surface area contributed by atoms with Crippen LogP contribution >= 0.6 is 0 Å². The highest BCUT2D eigenvalue weighted by atomic mass is 32.2. The van der Waals surface area contributed by atoms with E-state index in [-0.39, 0.29) is 5.03 Å². The lowest BCUT2D eigenvalue weighted by Gasteiger charge is -2.05. The van der Waals surface area contributed by atoms with Crippen molar-refractivity contribution in [1.82, 2.24) is 19.7 Å². The third-order valence-electron chi connectivity index (χ3n) is 3.30. The Morgan fingerprint density at radius 3 is 2.73 bits per heavy atom. The average Bonchev–Trinajstić information content (AvgIpc) is 3.10. The van der Waals surface area contributed by atoms with Gasteiger partial charge in [-0.05, 0) is 12.5 Å². The Kier molecular flexibility index (Phi) is 3.45. The van der Waals surface area contributed by atoms with E-state index >= 15 is 0 Å². The van der Waals surface area contributed by atoms with Gasteiger partial charge in [-0.25, -0.2) is 4.98 Å². The Bertz CT molecular complexity index is 897. The van der Waals surface area contributed by atoms with Gasteiger partial charge in [-0.2, -0.15) is 13.5 Å². The molecule has 0 bridgehead atoms. The van der Waals surface area contributed by atoms with Crippen molar-refractivity contribution in [2.24, 2.45) is 7.05 Å². The number of rotatable bonds is 4. The van der Waals surface area contributed by atoms with Crippen LogP contribution in [-0.2, 0) is 17.1 Å². The molecule has 2 aromatic heterocycles. The molecule has 0 saturated carbocycles. The predicted octanol–water partition coefficient (Wildman–Crippen LogP) is 1.92. The second kappa shape index (κ2) is 5.30. The average molecular weight is 317 g/mol. The van der Waals surface area contributed by atoms with Crippen LogP contribution < -0.4 is 4.72 Å². The normalized spacial score (nSPS) is 11.5. The molecular formula is C14H15N5O2S. The fraction of sp³-hybridized carbons (Fsp3) is 0.143. The molecule has 0 atom stereocenters. The van der Waals surface area contributed by atoms with Gasteiger partial charge in [0.25, 0.3) is 10.0 Å². The van der Waals surface area contributed by atoms with Crippen LogP contribution in [-0.4, -0.2) is 28.2 Å². The highest BCUT2D eigenvalue weighted by Crippen LogP contribution is 2.25. The Balaban J connectivity index is 1.96. The van der Waals surface area contributed by atoms with Crippen molar-refractivity contribution in [3.63, 3.8) is 0 Å². The maximum atomic E-state index is 12.2. The van der Waals surface area contributed by atoms with Gasteiger partial charge >= 0.3 is 0 Å². The predicted molar refractivity (Wildman–Crippen MR) is 82.8 cm³/mol. The van der Waals surface area contributed by atoms with Crippen molar-refractivity contribution in [3.05, 3.63) is 48.4 Å². The van der Waals surface area contributed by atoms with Crippen molar-refractivity contribution < 1.29 is 8.42 Å². The van der Waals surface area contributed by atoms with Gasteiger partial charge in [-0.3, -0.25) is 9.40 Å². The highest BCUT2D eigenvalue weighted by molar-refractivity contribution is 7.92. The minimum Gasteiger partial charge on any atom is -0.334 e. The summed E-state index contributed by atoms with van der Waals surface area (Å²) in [6.07, 6.45) is 2.57. The molecule has 0 unspecified atom stereocenters. The van der Waals surface area contributed by atoms with Gasteiger partial charge in [-0.1, -0.05) is 24.3 Å². The summed E-state index contributed by atoms with van der Waals surface area (Å²) in [7, 11) is -2.01. The molecule has 0 aliphatic carbocycles. The summed E-state index contributed by atoms with van der Waals surface area (Å²) >= 11 is 0. The second-order valence-electron chi connectivity index (χ2n) is 4.87. The molecule has 0 spiro atoms. The van der Waals surface area contributed by atoms with E-state index in [9.17, 15) is 8.42 Å². The van der Waals surface area contributed by atoms with Crippen molar-refractivity contribution in [3.8, 4) is 11.3 Å². The molecule has 0 radical (unpaired) electrons. The maximum Gasteiger partial charge on any atom is 0.280 e. The molecule has 7 nitrogen and oxygen atoms in total. The zero-order valence-electron chi connectivity index (χ0n) is 12.1. The number of nitrogens with one attached hydrogen (secondary N) is 2. The summed E-state index contributed by atoms with van der Waals surface area (Å²) in [6.45, 7) is 1.98. The largest absolute Gasteiger partial charge is 0.334 e. The summed E-state index contributed by atoms with van der Waals surface area (Å²) in [6, 6.07) is 9.51. The molecule has 3 rings (SSSR count). The van der Waals surface area contributed by atoms with Gasteiger partial charge < -0.3 is 4.98 Å². The second-order valence-corrected chi connectivity index (χ2v) is 6.53. The zero-order valence-corrected chi connectivity index (χ0v) is 12.9. The van der Waals surface area contributed by atoms with Crippen LogP contribution in [0.15, 0.2) is 47.9 Å². The maximum absolute atomic E-state index is 12.2. The number of benzene rings is 1. The number of anilines is 1. The zero-order chi connectivity index (χ0) is 15.7. The quantitative estimate of drug-likeness (QED) is 0.769. The number of aromatic nitrogens is 4. The summed E-state index contributed by atoms with van der Waals surface area (Å²) in [5.74, 6) is 0.382. The van der Waals surface area contributed by atoms with Gasteiger partial charge in [0.05, 0.1) is 18.2 Å². The number of nitrogens with zero attached hydrogens (tertiary/aromatic N) is 3. The molecule has 0 aliphatic heterocycles. The number of hydrogen-bond donors (Lipinski definition) is 2. The number of H-pyrrole nitrogens is 1. The number of hydrogen-bond acceptors (Lipinski definition) is 4. The van der Waals surface area contributed by atoms with E-state index in [4.69, 9.17) is 0 Å². The minimum atomic E-state index is -3.70. The lowest BCUT2D eigenvalue weighted by Crippen LogP contribution is -2.15. The molecule has 0 fully saturated rings. The van der Waals surface area contributed by atoms with Crippen molar-refractivity contribution in [1.29, 1.82) is 0 Å². The number of imidazole rings is 1. The summed E-state index contributed by atoms with van der Waals surface area (Å²) < 4.78 is 28.4. The van der Waals surface area contributed by atoms with Gasteiger partial charge in [0.15, 0.2) is 5.03 Å². The lowest BCUT2D eigenvalue weighted by atomic mass is 10.1. The van der Waals surface area contributed by atoms with Crippen LogP contribution in [0.2, 0.25) is 0 Å². The number of sulfonamides is 1. The highest BCUT2D eigenvalue weighted by Gasteiger charge is 2.18. The van der Waals surface area contributed by atoms with Crippen molar-refractivity contribution in [2.75, 3.05) is 4.72 Å². The minimum absolute atomic E-state index is 0.00569. The molecule has 0 saturated heterocycles. The van der Waals surface area contributed by atoms with Crippen LogP contribution in [0, 0.1) is 6.92 Å². The SMILES string of the molecule is Cc1ccccc1-c1cc(NS(=O)(=O)c2cnc[nH]2)n(C)n1. The Morgan fingerprint density at radius 2 is 2.05 bits per heavy atom. The molecule has 2 heterocycles. The first-order valence-electron chi connectivity index (χ1n) is 6.58. The first kappa shape index (κ1) is 14.3. The first-order chi connectivity index (χ1) is 10.5. The third-order valence-corrected chi connectivity index (χ3v) is 4.58. The summed E-state index contributed by atoms with van der Waals surface area (Å²) in [5.41, 5.74) is 2.75. The van der Waals surface area contributed by atoms with Crippen molar-refractivity contribution >= 4 is 15.8 Å². The molecule has 3 aromatic rings. The molecule has 1 aromatic carbocycles. The van der Waals surface area contributed by atoms with Crippen LogP contribution in [0.5, 0.6) is 0 Å². The molecule has 22 heavy (non-hydrogen) atoms. The molecule has 2 N–H and O–H groups in total. The topological polar surface area (TPSA) is 92.7 Å². The molecule has 0 amide bonds. The van der Waals surface area contributed by atoms with Gasteiger partial charge in [-0.15, -0.1) is 0 Å². The summed E-state index contributed by atoms with van der Waals surface area (Å²) in [4.78, 5) is 6.29. The fourth-order valence-corrected chi connectivity index (χ4v) is 3.12. The Labute approximate surface area is 128 Å². The third kappa shape index (κ3) is 2.60.